The third-order valence-electron chi connectivity index (χ3n) is 6.06. The van der Waals surface area contributed by atoms with Crippen molar-refractivity contribution in [2.24, 2.45) is 23.7 Å². The van der Waals surface area contributed by atoms with Crippen LogP contribution in [0.1, 0.15) is 51.5 Å². The lowest BCUT2D eigenvalue weighted by Gasteiger charge is -2.54. The van der Waals surface area contributed by atoms with Gasteiger partial charge in [-0.25, -0.2) is 0 Å². The van der Waals surface area contributed by atoms with Crippen molar-refractivity contribution in [2.45, 2.75) is 64.6 Å². The molecular weight excluding hydrogens is 270 g/mol. The average molecular weight is 299 g/mol. The molecule has 0 spiro atoms. The highest BCUT2D eigenvalue weighted by atomic mass is 16.5. The van der Waals surface area contributed by atoms with E-state index in [9.17, 15) is 0 Å². The van der Waals surface area contributed by atoms with Crippen molar-refractivity contribution in [1.29, 1.82) is 0 Å². The predicted octanol–water partition coefficient (Wildman–Crippen LogP) is 4.39. The minimum absolute atomic E-state index is 0.247. The lowest BCUT2D eigenvalue weighted by atomic mass is 9.54. The number of rotatable bonds is 5. The molecule has 1 aromatic rings. The van der Waals surface area contributed by atoms with Gasteiger partial charge in [-0.3, -0.25) is 0 Å². The van der Waals surface area contributed by atoms with E-state index in [1.54, 1.807) is 0 Å². The van der Waals surface area contributed by atoms with Gasteiger partial charge >= 0.3 is 0 Å². The molecule has 2 nitrogen and oxygen atoms in total. The van der Waals surface area contributed by atoms with Gasteiger partial charge in [0.15, 0.2) is 0 Å². The zero-order valence-corrected chi connectivity index (χ0v) is 13.9. The smallest absolute Gasteiger partial charge is 0.119 e. The summed E-state index contributed by atoms with van der Waals surface area (Å²) >= 11 is 0. The molecule has 0 saturated heterocycles. The molecule has 0 heterocycles. The fourth-order valence-electron chi connectivity index (χ4n) is 5.45. The van der Waals surface area contributed by atoms with Gasteiger partial charge in [-0.1, -0.05) is 12.1 Å². The Hall–Kier alpha value is -1.02. The first-order chi connectivity index (χ1) is 10.7. The Morgan fingerprint density at radius 3 is 2.09 bits per heavy atom. The standard InChI is InChI=1S/C20H29NO/c1-13(2)22-19-5-3-14(4-6-19)12-21-20-17-8-15-7-16(10-17)11-18(20)9-15/h3-6,13,15-18,20-21H,7-12H2,1-2H3. The van der Waals surface area contributed by atoms with Crippen LogP contribution in [0.2, 0.25) is 0 Å². The molecule has 0 radical (unpaired) electrons. The fraction of sp³-hybridized carbons (Fsp3) is 0.700. The molecule has 120 valence electrons. The van der Waals surface area contributed by atoms with Crippen LogP contribution in [-0.2, 0) is 6.54 Å². The Morgan fingerprint density at radius 2 is 1.55 bits per heavy atom. The Bertz CT molecular complexity index is 479. The molecule has 4 aliphatic carbocycles. The van der Waals surface area contributed by atoms with Gasteiger partial charge in [-0.05, 0) is 87.3 Å². The molecular formula is C20H29NO. The molecule has 4 bridgehead atoms. The largest absolute Gasteiger partial charge is 0.491 e. The Labute approximate surface area is 134 Å². The van der Waals surface area contributed by atoms with Crippen molar-refractivity contribution in [1.82, 2.24) is 5.32 Å². The van der Waals surface area contributed by atoms with E-state index in [1.807, 2.05) is 0 Å². The van der Waals surface area contributed by atoms with Gasteiger partial charge in [0.2, 0.25) is 0 Å². The summed E-state index contributed by atoms with van der Waals surface area (Å²) in [4.78, 5) is 0. The second-order valence-corrected chi connectivity index (χ2v) is 8.15. The Balaban J connectivity index is 1.35. The van der Waals surface area contributed by atoms with Crippen LogP contribution in [0.25, 0.3) is 0 Å². The third kappa shape index (κ3) is 2.90. The van der Waals surface area contributed by atoms with E-state index in [0.29, 0.717) is 0 Å². The molecule has 0 unspecified atom stereocenters. The summed E-state index contributed by atoms with van der Waals surface area (Å²) in [6.07, 6.45) is 7.75. The third-order valence-corrected chi connectivity index (χ3v) is 6.06. The highest BCUT2D eigenvalue weighted by Crippen LogP contribution is 2.53. The highest BCUT2D eigenvalue weighted by Gasteiger charge is 2.47. The lowest BCUT2D eigenvalue weighted by Crippen LogP contribution is -2.54. The quantitative estimate of drug-likeness (QED) is 0.870. The number of nitrogens with one attached hydrogen (secondary N) is 1. The van der Waals surface area contributed by atoms with Gasteiger partial charge in [-0.15, -0.1) is 0 Å². The van der Waals surface area contributed by atoms with E-state index < -0.39 is 0 Å². The first-order valence-electron chi connectivity index (χ1n) is 9.16. The molecule has 5 rings (SSSR count). The van der Waals surface area contributed by atoms with Crippen LogP contribution < -0.4 is 10.1 Å². The minimum atomic E-state index is 0.247. The summed E-state index contributed by atoms with van der Waals surface area (Å²) in [7, 11) is 0. The van der Waals surface area contributed by atoms with Crippen molar-refractivity contribution in [3.05, 3.63) is 29.8 Å². The van der Waals surface area contributed by atoms with Crippen molar-refractivity contribution in [3.63, 3.8) is 0 Å². The van der Waals surface area contributed by atoms with E-state index in [0.717, 1.165) is 42.0 Å². The summed E-state index contributed by atoms with van der Waals surface area (Å²) in [5.41, 5.74) is 1.38. The highest BCUT2D eigenvalue weighted by molar-refractivity contribution is 5.27. The maximum absolute atomic E-state index is 5.72. The minimum Gasteiger partial charge on any atom is -0.491 e. The predicted molar refractivity (Wildman–Crippen MR) is 89.9 cm³/mol. The maximum Gasteiger partial charge on any atom is 0.119 e. The van der Waals surface area contributed by atoms with Gasteiger partial charge in [0, 0.05) is 12.6 Å². The molecule has 4 fully saturated rings. The molecule has 4 aliphatic rings. The van der Waals surface area contributed by atoms with E-state index in [4.69, 9.17) is 4.74 Å². The SMILES string of the molecule is CC(C)Oc1ccc(CNC2C3CC4CC(C3)CC2C4)cc1. The van der Waals surface area contributed by atoms with Crippen molar-refractivity contribution in [3.8, 4) is 5.75 Å². The zero-order valence-electron chi connectivity index (χ0n) is 13.9. The van der Waals surface area contributed by atoms with Gasteiger partial charge in [0.05, 0.1) is 6.10 Å². The van der Waals surface area contributed by atoms with E-state index in [1.165, 1.54) is 37.7 Å². The van der Waals surface area contributed by atoms with Crippen molar-refractivity contribution >= 4 is 0 Å². The van der Waals surface area contributed by atoms with Crippen LogP contribution in [0, 0.1) is 23.7 Å². The van der Waals surface area contributed by atoms with Crippen molar-refractivity contribution < 1.29 is 4.74 Å². The van der Waals surface area contributed by atoms with E-state index in [-0.39, 0.29) is 6.10 Å². The molecule has 4 saturated carbocycles. The van der Waals surface area contributed by atoms with Crippen LogP contribution in [0.4, 0.5) is 0 Å². The van der Waals surface area contributed by atoms with Gasteiger partial charge in [-0.2, -0.15) is 0 Å². The maximum atomic E-state index is 5.72. The second kappa shape index (κ2) is 5.88. The number of hydrogen-bond acceptors (Lipinski definition) is 2. The first kappa shape index (κ1) is 14.6. The Morgan fingerprint density at radius 1 is 0.955 bits per heavy atom. The summed E-state index contributed by atoms with van der Waals surface area (Å²) in [5, 5.41) is 3.90. The van der Waals surface area contributed by atoms with Crippen LogP contribution in [-0.4, -0.2) is 12.1 Å². The van der Waals surface area contributed by atoms with Gasteiger partial charge in [0.25, 0.3) is 0 Å². The lowest BCUT2D eigenvalue weighted by molar-refractivity contribution is -0.0142. The number of ether oxygens (including phenoxy) is 1. The molecule has 0 aliphatic heterocycles. The fourth-order valence-corrected chi connectivity index (χ4v) is 5.45. The normalized spacial score (nSPS) is 36.0. The summed E-state index contributed by atoms with van der Waals surface area (Å²) in [5.74, 6) is 5.02. The van der Waals surface area contributed by atoms with Crippen LogP contribution in [0.3, 0.4) is 0 Å². The molecule has 1 N–H and O–H groups in total. The second-order valence-electron chi connectivity index (χ2n) is 8.15. The van der Waals surface area contributed by atoms with E-state index >= 15 is 0 Å². The van der Waals surface area contributed by atoms with Crippen LogP contribution in [0.5, 0.6) is 5.75 Å². The van der Waals surface area contributed by atoms with Crippen LogP contribution >= 0.6 is 0 Å². The molecule has 0 amide bonds. The summed E-state index contributed by atoms with van der Waals surface area (Å²) in [6.45, 7) is 5.15. The topological polar surface area (TPSA) is 21.3 Å². The molecule has 0 aromatic heterocycles. The molecule has 2 heteroatoms. The first-order valence-corrected chi connectivity index (χ1v) is 9.16. The van der Waals surface area contributed by atoms with Crippen LogP contribution in [0.15, 0.2) is 24.3 Å². The molecule has 22 heavy (non-hydrogen) atoms. The van der Waals surface area contributed by atoms with Crippen molar-refractivity contribution in [2.75, 3.05) is 0 Å². The zero-order chi connectivity index (χ0) is 15.1. The average Bonchev–Trinajstić information content (AvgIpc) is 2.47. The monoisotopic (exact) mass is 299 g/mol. The summed E-state index contributed by atoms with van der Waals surface area (Å²) in [6, 6.07) is 9.41. The van der Waals surface area contributed by atoms with Gasteiger partial charge < -0.3 is 10.1 Å². The molecule has 0 atom stereocenters. The Kier molecular flexibility index (Phi) is 3.89. The number of hydrogen-bond donors (Lipinski definition) is 1. The van der Waals surface area contributed by atoms with Gasteiger partial charge in [0.1, 0.15) is 5.75 Å². The van der Waals surface area contributed by atoms with E-state index in [2.05, 4.69) is 43.4 Å². The summed E-state index contributed by atoms with van der Waals surface area (Å²) < 4.78 is 5.72. The number of benzene rings is 1. The molecule has 1 aromatic carbocycles.